The maximum absolute atomic E-state index is 11.4. The van der Waals surface area contributed by atoms with Gasteiger partial charge in [-0.2, -0.15) is 0 Å². The van der Waals surface area contributed by atoms with E-state index in [1.165, 1.54) is 0 Å². The molecule has 2 atom stereocenters. The van der Waals surface area contributed by atoms with Gasteiger partial charge in [0.05, 0.1) is 6.61 Å². The van der Waals surface area contributed by atoms with Crippen LogP contribution in [0, 0.1) is 11.8 Å². The number of carbonyl (C=O) groups is 1. The van der Waals surface area contributed by atoms with Crippen molar-refractivity contribution in [1.82, 2.24) is 10.6 Å². The van der Waals surface area contributed by atoms with E-state index in [0.717, 1.165) is 19.5 Å². The van der Waals surface area contributed by atoms with Crippen molar-refractivity contribution < 1.29 is 9.53 Å². The molecule has 1 fully saturated rings. The van der Waals surface area contributed by atoms with Crippen molar-refractivity contribution in [2.75, 3.05) is 19.7 Å². The lowest BCUT2D eigenvalue weighted by atomic mass is 9.98. The quantitative estimate of drug-likeness (QED) is 0.746. The maximum atomic E-state index is 11.4. The van der Waals surface area contributed by atoms with Gasteiger partial charge >= 0.3 is 6.09 Å². The minimum Gasteiger partial charge on any atom is -0.449 e. The Morgan fingerprint density at radius 2 is 2.27 bits per heavy atom. The molecule has 0 spiro atoms. The summed E-state index contributed by atoms with van der Waals surface area (Å²) in [5, 5.41) is 6.17. The molecule has 0 saturated carbocycles. The van der Waals surface area contributed by atoms with E-state index in [-0.39, 0.29) is 12.1 Å². The highest BCUT2D eigenvalue weighted by Crippen LogP contribution is 2.09. The van der Waals surface area contributed by atoms with Crippen molar-refractivity contribution in [3.8, 4) is 0 Å². The average Bonchev–Trinajstić information content (AvgIpc) is 2.15. The fourth-order valence-electron chi connectivity index (χ4n) is 1.72. The summed E-state index contributed by atoms with van der Waals surface area (Å²) in [4.78, 5) is 11.4. The van der Waals surface area contributed by atoms with Crippen LogP contribution in [0.15, 0.2) is 0 Å². The predicted molar refractivity (Wildman–Crippen MR) is 59.8 cm³/mol. The van der Waals surface area contributed by atoms with Gasteiger partial charge in [-0.05, 0) is 24.8 Å². The molecular formula is C11H22N2O2. The number of hydrogen-bond acceptors (Lipinski definition) is 3. The van der Waals surface area contributed by atoms with E-state index in [2.05, 4.69) is 17.6 Å². The van der Waals surface area contributed by atoms with Crippen molar-refractivity contribution in [2.45, 2.75) is 33.2 Å². The Kier molecular flexibility index (Phi) is 4.88. The zero-order valence-corrected chi connectivity index (χ0v) is 9.88. The monoisotopic (exact) mass is 214 g/mol. The maximum Gasteiger partial charge on any atom is 0.407 e. The summed E-state index contributed by atoms with van der Waals surface area (Å²) >= 11 is 0. The van der Waals surface area contributed by atoms with Crippen LogP contribution in [0.1, 0.15) is 27.2 Å². The van der Waals surface area contributed by atoms with Gasteiger partial charge in [-0.3, -0.25) is 0 Å². The summed E-state index contributed by atoms with van der Waals surface area (Å²) in [7, 11) is 0. The molecule has 15 heavy (non-hydrogen) atoms. The second-order valence-electron chi connectivity index (χ2n) is 4.83. The molecule has 1 amide bonds. The third kappa shape index (κ3) is 5.02. The minimum absolute atomic E-state index is 0.216. The molecule has 0 aromatic carbocycles. The SMILES string of the molecule is CC(C)COC(=O)NC1CNCC(C)C1. The highest BCUT2D eigenvalue weighted by Gasteiger charge is 2.20. The van der Waals surface area contributed by atoms with Crippen LogP contribution in [0.2, 0.25) is 0 Å². The molecule has 0 bridgehead atoms. The van der Waals surface area contributed by atoms with Gasteiger partial charge in [0.1, 0.15) is 0 Å². The second-order valence-corrected chi connectivity index (χ2v) is 4.83. The summed E-state index contributed by atoms with van der Waals surface area (Å²) < 4.78 is 5.06. The van der Waals surface area contributed by atoms with E-state index >= 15 is 0 Å². The number of nitrogens with one attached hydrogen (secondary N) is 2. The van der Waals surface area contributed by atoms with Crippen molar-refractivity contribution >= 4 is 6.09 Å². The van der Waals surface area contributed by atoms with Gasteiger partial charge in [0.15, 0.2) is 0 Å². The summed E-state index contributed by atoms with van der Waals surface area (Å²) in [6.45, 7) is 8.61. The van der Waals surface area contributed by atoms with Crippen LogP contribution in [-0.4, -0.2) is 31.8 Å². The average molecular weight is 214 g/mol. The molecule has 1 heterocycles. The summed E-state index contributed by atoms with van der Waals surface area (Å²) in [5.74, 6) is 1.01. The fourth-order valence-corrected chi connectivity index (χ4v) is 1.72. The van der Waals surface area contributed by atoms with Crippen LogP contribution in [0.5, 0.6) is 0 Å². The lowest BCUT2D eigenvalue weighted by Gasteiger charge is -2.28. The molecule has 4 nitrogen and oxygen atoms in total. The van der Waals surface area contributed by atoms with Gasteiger partial charge in [-0.25, -0.2) is 4.79 Å². The number of rotatable bonds is 3. The van der Waals surface area contributed by atoms with Crippen molar-refractivity contribution in [1.29, 1.82) is 0 Å². The van der Waals surface area contributed by atoms with Crippen molar-refractivity contribution in [3.63, 3.8) is 0 Å². The van der Waals surface area contributed by atoms with Gasteiger partial charge in [0, 0.05) is 12.6 Å². The number of piperidine rings is 1. The van der Waals surface area contributed by atoms with Crippen LogP contribution >= 0.6 is 0 Å². The summed E-state index contributed by atoms with van der Waals surface area (Å²) in [5.41, 5.74) is 0. The Bertz CT molecular complexity index is 207. The molecular weight excluding hydrogens is 192 g/mol. The van der Waals surface area contributed by atoms with Crippen LogP contribution in [-0.2, 0) is 4.74 Å². The molecule has 2 N–H and O–H groups in total. The molecule has 2 unspecified atom stereocenters. The Balaban J connectivity index is 2.19. The Morgan fingerprint density at radius 1 is 1.53 bits per heavy atom. The van der Waals surface area contributed by atoms with E-state index < -0.39 is 0 Å². The van der Waals surface area contributed by atoms with Crippen LogP contribution in [0.4, 0.5) is 4.79 Å². The minimum atomic E-state index is -0.287. The van der Waals surface area contributed by atoms with E-state index in [9.17, 15) is 4.79 Å². The predicted octanol–water partition coefficient (Wildman–Crippen LogP) is 1.37. The molecule has 1 aliphatic rings. The Hall–Kier alpha value is -0.770. The number of amides is 1. The molecule has 0 aromatic heterocycles. The first-order chi connectivity index (χ1) is 7.08. The standard InChI is InChI=1S/C11H22N2O2/c1-8(2)7-15-11(14)13-10-4-9(3)5-12-6-10/h8-10,12H,4-7H2,1-3H3,(H,13,14). The Labute approximate surface area is 91.8 Å². The van der Waals surface area contributed by atoms with Crippen LogP contribution in [0.25, 0.3) is 0 Å². The number of ether oxygens (including phenoxy) is 1. The Morgan fingerprint density at radius 3 is 2.87 bits per heavy atom. The number of hydrogen-bond donors (Lipinski definition) is 2. The smallest absolute Gasteiger partial charge is 0.407 e. The van der Waals surface area contributed by atoms with Crippen LogP contribution < -0.4 is 10.6 Å². The van der Waals surface area contributed by atoms with Crippen LogP contribution in [0.3, 0.4) is 0 Å². The van der Waals surface area contributed by atoms with Gasteiger partial charge < -0.3 is 15.4 Å². The second kappa shape index (κ2) is 5.95. The van der Waals surface area contributed by atoms with E-state index in [0.29, 0.717) is 18.4 Å². The molecule has 1 aliphatic heterocycles. The van der Waals surface area contributed by atoms with Gasteiger partial charge in [-0.15, -0.1) is 0 Å². The number of carbonyl (C=O) groups excluding carboxylic acids is 1. The van der Waals surface area contributed by atoms with Gasteiger partial charge in [0.25, 0.3) is 0 Å². The topological polar surface area (TPSA) is 50.4 Å². The lowest BCUT2D eigenvalue weighted by molar-refractivity contribution is 0.126. The first kappa shape index (κ1) is 12.3. The molecule has 0 aromatic rings. The normalized spacial score (nSPS) is 26.4. The van der Waals surface area contributed by atoms with Crippen molar-refractivity contribution in [2.24, 2.45) is 11.8 Å². The third-order valence-electron chi connectivity index (χ3n) is 2.44. The highest BCUT2D eigenvalue weighted by molar-refractivity contribution is 5.67. The molecule has 0 radical (unpaired) electrons. The molecule has 1 saturated heterocycles. The molecule has 4 heteroatoms. The molecule has 88 valence electrons. The first-order valence-corrected chi connectivity index (χ1v) is 5.72. The zero-order chi connectivity index (χ0) is 11.3. The summed E-state index contributed by atoms with van der Waals surface area (Å²) in [6, 6.07) is 0.216. The largest absolute Gasteiger partial charge is 0.449 e. The van der Waals surface area contributed by atoms with E-state index in [4.69, 9.17) is 4.74 Å². The van der Waals surface area contributed by atoms with Crippen molar-refractivity contribution in [3.05, 3.63) is 0 Å². The molecule has 1 rings (SSSR count). The summed E-state index contributed by atoms with van der Waals surface area (Å²) in [6.07, 6.45) is 0.744. The zero-order valence-electron chi connectivity index (χ0n) is 9.88. The van der Waals surface area contributed by atoms with Gasteiger partial charge in [-0.1, -0.05) is 20.8 Å². The van der Waals surface area contributed by atoms with E-state index in [1.54, 1.807) is 0 Å². The number of alkyl carbamates (subject to hydrolysis) is 1. The third-order valence-corrected chi connectivity index (χ3v) is 2.44. The first-order valence-electron chi connectivity index (χ1n) is 5.72. The molecule has 0 aliphatic carbocycles. The fraction of sp³-hybridized carbons (Fsp3) is 0.909. The van der Waals surface area contributed by atoms with E-state index in [1.807, 2.05) is 13.8 Å². The lowest BCUT2D eigenvalue weighted by Crippen LogP contribution is -2.48. The van der Waals surface area contributed by atoms with Gasteiger partial charge in [0.2, 0.25) is 0 Å². The highest BCUT2D eigenvalue weighted by atomic mass is 16.5.